The fraction of sp³-hybridized carbons (Fsp3) is 0.609. The van der Waals surface area contributed by atoms with Crippen molar-refractivity contribution in [3.05, 3.63) is 35.9 Å². The Morgan fingerprint density at radius 3 is 2.53 bits per heavy atom. The number of nitrogens with zero attached hydrogens (tertiary/aromatic N) is 1. The van der Waals surface area contributed by atoms with Crippen LogP contribution in [0.25, 0.3) is 0 Å². The smallest absolute Gasteiger partial charge is 0.326 e. The number of carboxylic acid groups (broad SMARTS) is 1. The molecule has 3 rings (SSSR count). The summed E-state index contributed by atoms with van der Waals surface area (Å²) in [7, 11) is 0. The van der Waals surface area contributed by atoms with Crippen LogP contribution in [0.1, 0.15) is 32.3 Å². The molecule has 9 heteroatoms. The van der Waals surface area contributed by atoms with Gasteiger partial charge in [0.25, 0.3) is 0 Å². The Balaban J connectivity index is 1.65. The molecule has 0 aromatic heterocycles. The monoisotopic (exact) mass is 448 g/mol. The molecule has 2 aliphatic heterocycles. The molecule has 2 N–H and O–H groups in total. The van der Waals surface area contributed by atoms with E-state index in [2.05, 4.69) is 5.32 Å². The van der Waals surface area contributed by atoms with Crippen molar-refractivity contribution in [2.75, 3.05) is 26.4 Å². The molecule has 4 atom stereocenters. The van der Waals surface area contributed by atoms with E-state index < -0.39 is 36.4 Å². The average molecular weight is 449 g/mol. The van der Waals surface area contributed by atoms with Crippen LogP contribution in [0.2, 0.25) is 0 Å². The zero-order chi connectivity index (χ0) is 23.1. The van der Waals surface area contributed by atoms with Gasteiger partial charge in [0.05, 0.1) is 25.9 Å². The number of aryl methyl sites for hydroxylation is 1. The Kier molecular flexibility index (Phi) is 8.60. The summed E-state index contributed by atoms with van der Waals surface area (Å²) in [6.07, 6.45) is 0.872. The number of aliphatic carboxylic acids is 1. The summed E-state index contributed by atoms with van der Waals surface area (Å²) in [5.41, 5.74) is 1.08. The highest BCUT2D eigenvalue weighted by atomic mass is 16.7. The minimum atomic E-state index is -1.06. The van der Waals surface area contributed by atoms with Gasteiger partial charge < -0.3 is 24.2 Å². The molecular weight excluding hydrogens is 416 g/mol. The molecule has 176 valence electrons. The van der Waals surface area contributed by atoms with Crippen molar-refractivity contribution in [1.29, 1.82) is 0 Å². The lowest BCUT2D eigenvalue weighted by molar-refractivity contribution is -0.150. The van der Waals surface area contributed by atoms with Crippen LogP contribution in [-0.4, -0.2) is 78.6 Å². The summed E-state index contributed by atoms with van der Waals surface area (Å²) in [5.74, 6) is -2.05. The number of hydrogen-bond donors (Lipinski definition) is 2. The van der Waals surface area contributed by atoms with E-state index in [4.69, 9.17) is 14.2 Å². The molecule has 2 aliphatic rings. The number of carbonyl (C=O) groups is 3. The Morgan fingerprint density at radius 2 is 1.91 bits per heavy atom. The highest BCUT2D eigenvalue weighted by Crippen LogP contribution is 2.30. The number of hydrogen-bond acceptors (Lipinski definition) is 7. The zero-order valence-corrected chi connectivity index (χ0v) is 18.6. The summed E-state index contributed by atoms with van der Waals surface area (Å²) >= 11 is 0. The molecule has 0 radical (unpaired) electrons. The third kappa shape index (κ3) is 6.05. The maximum Gasteiger partial charge on any atom is 0.326 e. The number of esters is 1. The van der Waals surface area contributed by atoms with Crippen molar-refractivity contribution in [1.82, 2.24) is 10.2 Å². The normalized spacial score (nSPS) is 23.1. The molecule has 1 amide bonds. The zero-order valence-electron chi connectivity index (χ0n) is 18.6. The number of carbonyl (C=O) groups excluding carboxylic acids is 2. The average Bonchev–Trinajstić information content (AvgIpc) is 3.46. The van der Waals surface area contributed by atoms with E-state index >= 15 is 0 Å². The number of ether oxygens (including phenoxy) is 3. The highest BCUT2D eigenvalue weighted by molar-refractivity contribution is 5.88. The topological polar surface area (TPSA) is 114 Å². The molecule has 2 fully saturated rings. The van der Waals surface area contributed by atoms with Gasteiger partial charge in [0.1, 0.15) is 12.1 Å². The number of amides is 1. The van der Waals surface area contributed by atoms with Gasteiger partial charge in [0.15, 0.2) is 6.29 Å². The van der Waals surface area contributed by atoms with Gasteiger partial charge in [-0.1, -0.05) is 30.3 Å². The third-order valence-corrected chi connectivity index (χ3v) is 5.89. The van der Waals surface area contributed by atoms with Crippen LogP contribution >= 0.6 is 0 Å². The van der Waals surface area contributed by atoms with Crippen molar-refractivity contribution >= 4 is 17.8 Å². The van der Waals surface area contributed by atoms with Gasteiger partial charge in [-0.2, -0.15) is 0 Å². The third-order valence-electron chi connectivity index (χ3n) is 5.89. The van der Waals surface area contributed by atoms with Gasteiger partial charge >= 0.3 is 11.9 Å². The predicted molar refractivity (Wildman–Crippen MR) is 115 cm³/mol. The summed E-state index contributed by atoms with van der Waals surface area (Å²) in [6, 6.07) is 7.36. The lowest BCUT2D eigenvalue weighted by Crippen LogP contribution is -2.53. The van der Waals surface area contributed by atoms with E-state index in [1.54, 1.807) is 13.8 Å². The summed E-state index contributed by atoms with van der Waals surface area (Å²) < 4.78 is 16.2. The van der Waals surface area contributed by atoms with Gasteiger partial charge in [-0.3, -0.25) is 14.9 Å². The van der Waals surface area contributed by atoms with Crippen LogP contribution in [0.5, 0.6) is 0 Å². The lowest BCUT2D eigenvalue weighted by Gasteiger charge is -2.28. The minimum Gasteiger partial charge on any atom is -0.480 e. The van der Waals surface area contributed by atoms with Crippen LogP contribution in [0.15, 0.2) is 30.3 Å². The molecule has 0 spiro atoms. The maximum atomic E-state index is 13.2. The van der Waals surface area contributed by atoms with Gasteiger partial charge in [0.2, 0.25) is 5.91 Å². The first kappa shape index (κ1) is 24.2. The van der Waals surface area contributed by atoms with E-state index in [9.17, 15) is 19.5 Å². The summed E-state index contributed by atoms with van der Waals surface area (Å²) in [4.78, 5) is 38.8. The fourth-order valence-corrected chi connectivity index (χ4v) is 4.28. The van der Waals surface area contributed by atoms with Crippen molar-refractivity contribution in [2.24, 2.45) is 5.92 Å². The van der Waals surface area contributed by atoms with E-state index in [0.29, 0.717) is 26.1 Å². The van der Waals surface area contributed by atoms with Gasteiger partial charge in [0, 0.05) is 12.5 Å². The van der Waals surface area contributed by atoms with Crippen LogP contribution in [-0.2, 0) is 35.0 Å². The molecule has 2 heterocycles. The van der Waals surface area contributed by atoms with E-state index in [-0.39, 0.29) is 31.4 Å². The lowest BCUT2D eigenvalue weighted by atomic mass is 10.0. The maximum absolute atomic E-state index is 13.2. The molecule has 0 aliphatic carbocycles. The largest absolute Gasteiger partial charge is 0.480 e. The Morgan fingerprint density at radius 1 is 1.22 bits per heavy atom. The SMILES string of the molecule is CCOC(=O)C(CCc1ccccc1)N[C@@H](C)C(=O)N1C[C@@H](C2OCCO2)C[C@H]1C(=O)O. The van der Waals surface area contributed by atoms with Gasteiger partial charge in [-0.05, 0) is 38.7 Å². The molecule has 1 unspecified atom stereocenters. The quantitative estimate of drug-likeness (QED) is 0.514. The summed E-state index contributed by atoms with van der Waals surface area (Å²) in [5, 5.41) is 12.7. The van der Waals surface area contributed by atoms with E-state index in [0.717, 1.165) is 5.56 Å². The second-order valence-electron chi connectivity index (χ2n) is 8.17. The van der Waals surface area contributed by atoms with Crippen LogP contribution in [0, 0.1) is 5.92 Å². The van der Waals surface area contributed by atoms with E-state index in [1.807, 2.05) is 30.3 Å². The molecule has 0 bridgehead atoms. The molecule has 9 nitrogen and oxygen atoms in total. The fourth-order valence-electron chi connectivity index (χ4n) is 4.28. The molecular formula is C23H32N2O7. The number of likely N-dealkylation sites (tertiary alicyclic amines) is 1. The Labute approximate surface area is 188 Å². The summed E-state index contributed by atoms with van der Waals surface area (Å²) in [6.45, 7) is 4.78. The van der Waals surface area contributed by atoms with Gasteiger partial charge in [-0.15, -0.1) is 0 Å². The van der Waals surface area contributed by atoms with Crippen molar-refractivity contribution in [3.63, 3.8) is 0 Å². The van der Waals surface area contributed by atoms with Gasteiger partial charge in [-0.25, -0.2) is 4.79 Å². The number of carboxylic acids is 1. The van der Waals surface area contributed by atoms with Crippen LogP contribution in [0.3, 0.4) is 0 Å². The first-order chi connectivity index (χ1) is 15.4. The van der Waals surface area contributed by atoms with Crippen LogP contribution < -0.4 is 5.32 Å². The second-order valence-corrected chi connectivity index (χ2v) is 8.17. The van der Waals surface area contributed by atoms with E-state index in [1.165, 1.54) is 4.90 Å². The van der Waals surface area contributed by atoms with Crippen molar-refractivity contribution in [2.45, 2.75) is 57.5 Å². The molecule has 32 heavy (non-hydrogen) atoms. The number of rotatable bonds is 10. The van der Waals surface area contributed by atoms with Crippen LogP contribution in [0.4, 0.5) is 0 Å². The molecule has 2 saturated heterocycles. The highest BCUT2D eigenvalue weighted by Gasteiger charge is 2.45. The van der Waals surface area contributed by atoms with Crippen molar-refractivity contribution < 1.29 is 33.7 Å². The first-order valence-electron chi connectivity index (χ1n) is 11.1. The van der Waals surface area contributed by atoms with Crippen molar-refractivity contribution in [3.8, 4) is 0 Å². The predicted octanol–water partition coefficient (Wildman–Crippen LogP) is 1.20. The second kappa shape index (κ2) is 11.4. The first-order valence-corrected chi connectivity index (χ1v) is 11.1. The number of benzene rings is 1. The molecule has 0 saturated carbocycles. The standard InChI is InChI=1S/C23H32N2O7/c1-3-30-22(29)18(10-9-16-7-5-4-6-8-16)24-15(2)20(26)25-14-17(13-19(25)21(27)28)23-31-11-12-32-23/h4-8,15,17-19,23-24H,3,9-14H2,1-2H3,(H,27,28)/t15-,17-,18?,19-/m0/s1. The minimum absolute atomic E-state index is 0.200. The molecule has 1 aromatic carbocycles. The molecule has 1 aromatic rings. The number of nitrogens with one attached hydrogen (secondary N) is 1. The Hall–Kier alpha value is -2.49. The Bertz CT molecular complexity index is 782.